The van der Waals surface area contributed by atoms with Gasteiger partial charge in [-0.2, -0.15) is 11.8 Å². The Labute approximate surface area is 105 Å². The molecule has 0 saturated carbocycles. The molecule has 1 aromatic rings. The summed E-state index contributed by atoms with van der Waals surface area (Å²) in [6, 6.07) is 4.69. The Morgan fingerprint density at radius 3 is 3.00 bits per heavy atom. The third kappa shape index (κ3) is 3.00. The van der Waals surface area contributed by atoms with E-state index in [9.17, 15) is 9.18 Å². The summed E-state index contributed by atoms with van der Waals surface area (Å²) in [7, 11) is 0. The van der Waals surface area contributed by atoms with Gasteiger partial charge in [0.1, 0.15) is 5.82 Å². The summed E-state index contributed by atoms with van der Waals surface area (Å²) >= 11 is 1.85. The molecule has 2 rings (SSSR count). The zero-order valence-electron chi connectivity index (χ0n) is 9.91. The first-order valence-corrected chi connectivity index (χ1v) is 6.97. The summed E-state index contributed by atoms with van der Waals surface area (Å²) in [5, 5.41) is 0. The fourth-order valence-electron chi connectivity index (χ4n) is 1.92. The third-order valence-electron chi connectivity index (χ3n) is 2.86. The summed E-state index contributed by atoms with van der Waals surface area (Å²) in [6.07, 6.45) is 0.990. The molecule has 92 valence electrons. The van der Waals surface area contributed by atoms with Gasteiger partial charge in [0.15, 0.2) is 0 Å². The minimum Gasteiger partial charge on any atom is -0.338 e. The van der Waals surface area contributed by atoms with E-state index >= 15 is 0 Å². The van der Waals surface area contributed by atoms with Crippen LogP contribution in [0.2, 0.25) is 0 Å². The van der Waals surface area contributed by atoms with Crippen LogP contribution in [0.15, 0.2) is 18.2 Å². The zero-order valence-corrected chi connectivity index (χ0v) is 10.7. The molecule has 1 saturated heterocycles. The van der Waals surface area contributed by atoms with Crippen LogP contribution < -0.4 is 0 Å². The number of amides is 1. The smallest absolute Gasteiger partial charge is 0.256 e. The van der Waals surface area contributed by atoms with E-state index in [0.717, 1.165) is 36.6 Å². The van der Waals surface area contributed by atoms with Gasteiger partial charge in [0.05, 0.1) is 5.56 Å². The van der Waals surface area contributed by atoms with Gasteiger partial charge >= 0.3 is 0 Å². The number of rotatable bonds is 1. The van der Waals surface area contributed by atoms with Crippen molar-refractivity contribution in [1.29, 1.82) is 0 Å². The van der Waals surface area contributed by atoms with E-state index in [0.29, 0.717) is 0 Å². The second kappa shape index (κ2) is 5.54. The maximum Gasteiger partial charge on any atom is 0.256 e. The van der Waals surface area contributed by atoms with Crippen molar-refractivity contribution in [3.8, 4) is 0 Å². The van der Waals surface area contributed by atoms with Crippen molar-refractivity contribution in [3.05, 3.63) is 35.1 Å². The van der Waals surface area contributed by atoms with Crippen LogP contribution in [0, 0.1) is 12.7 Å². The largest absolute Gasteiger partial charge is 0.338 e. The quantitative estimate of drug-likeness (QED) is 0.767. The minimum atomic E-state index is -0.419. The standard InChI is InChI=1S/C13H16FNOS/c1-10-3-4-12(14)11(9-10)13(16)15-5-2-7-17-8-6-15/h3-4,9H,2,5-8H2,1H3. The summed E-state index contributed by atoms with van der Waals surface area (Å²) in [4.78, 5) is 14.0. The SMILES string of the molecule is Cc1ccc(F)c(C(=O)N2CCCSCC2)c1. The molecule has 4 heteroatoms. The van der Waals surface area contributed by atoms with Crippen LogP contribution in [-0.4, -0.2) is 35.4 Å². The van der Waals surface area contributed by atoms with Crippen molar-refractivity contribution < 1.29 is 9.18 Å². The molecule has 1 aliphatic rings. The average molecular weight is 253 g/mol. The highest BCUT2D eigenvalue weighted by Crippen LogP contribution is 2.16. The van der Waals surface area contributed by atoms with E-state index in [1.165, 1.54) is 6.07 Å². The Morgan fingerprint density at radius 2 is 2.18 bits per heavy atom. The summed E-state index contributed by atoms with van der Waals surface area (Å²) in [5.41, 5.74) is 1.12. The first-order chi connectivity index (χ1) is 8.18. The molecule has 0 aromatic heterocycles. The van der Waals surface area contributed by atoms with Gasteiger partial charge in [0.2, 0.25) is 0 Å². The number of carbonyl (C=O) groups excluding carboxylic acids is 1. The molecule has 1 fully saturated rings. The Morgan fingerprint density at radius 1 is 1.35 bits per heavy atom. The maximum atomic E-state index is 13.6. The van der Waals surface area contributed by atoms with E-state index in [1.807, 2.05) is 18.7 Å². The van der Waals surface area contributed by atoms with Crippen molar-refractivity contribution in [3.63, 3.8) is 0 Å². The highest BCUT2D eigenvalue weighted by Gasteiger charge is 2.20. The Balaban J connectivity index is 2.20. The molecule has 17 heavy (non-hydrogen) atoms. The molecule has 1 aliphatic heterocycles. The highest BCUT2D eigenvalue weighted by atomic mass is 32.2. The fraction of sp³-hybridized carbons (Fsp3) is 0.462. The van der Waals surface area contributed by atoms with Gasteiger partial charge in [0.25, 0.3) is 5.91 Å². The van der Waals surface area contributed by atoms with Gasteiger partial charge in [-0.05, 0) is 31.2 Å². The normalized spacial score (nSPS) is 16.7. The van der Waals surface area contributed by atoms with Gasteiger partial charge in [0, 0.05) is 18.8 Å². The molecule has 1 amide bonds. The van der Waals surface area contributed by atoms with Crippen molar-refractivity contribution in [2.24, 2.45) is 0 Å². The fourth-order valence-corrected chi connectivity index (χ4v) is 2.81. The molecule has 1 heterocycles. The van der Waals surface area contributed by atoms with Crippen LogP contribution in [0.1, 0.15) is 22.3 Å². The lowest BCUT2D eigenvalue weighted by molar-refractivity contribution is 0.0763. The molecular weight excluding hydrogens is 237 g/mol. The lowest BCUT2D eigenvalue weighted by atomic mass is 10.1. The number of carbonyl (C=O) groups is 1. The number of halogens is 1. The number of aryl methyl sites for hydroxylation is 1. The monoisotopic (exact) mass is 253 g/mol. The first-order valence-electron chi connectivity index (χ1n) is 5.81. The topological polar surface area (TPSA) is 20.3 Å². The van der Waals surface area contributed by atoms with Crippen LogP contribution in [0.25, 0.3) is 0 Å². The van der Waals surface area contributed by atoms with Crippen molar-refractivity contribution in [1.82, 2.24) is 4.90 Å². The molecule has 0 aliphatic carbocycles. The average Bonchev–Trinajstić information content (AvgIpc) is 2.60. The van der Waals surface area contributed by atoms with Gasteiger partial charge in [-0.25, -0.2) is 4.39 Å². The number of thioether (sulfide) groups is 1. The Bertz CT molecular complexity index is 414. The van der Waals surface area contributed by atoms with Gasteiger partial charge in [-0.15, -0.1) is 0 Å². The number of nitrogens with zero attached hydrogens (tertiary/aromatic N) is 1. The van der Waals surface area contributed by atoms with Gasteiger partial charge < -0.3 is 4.90 Å². The van der Waals surface area contributed by atoms with E-state index in [4.69, 9.17) is 0 Å². The lowest BCUT2D eigenvalue weighted by Crippen LogP contribution is -2.33. The van der Waals surface area contributed by atoms with Crippen LogP contribution in [-0.2, 0) is 0 Å². The van der Waals surface area contributed by atoms with Crippen molar-refractivity contribution in [2.75, 3.05) is 24.6 Å². The van der Waals surface area contributed by atoms with Gasteiger partial charge in [-0.3, -0.25) is 4.79 Å². The second-order valence-electron chi connectivity index (χ2n) is 4.24. The molecule has 0 N–H and O–H groups in total. The van der Waals surface area contributed by atoms with Crippen molar-refractivity contribution >= 4 is 17.7 Å². The maximum absolute atomic E-state index is 13.6. The Kier molecular flexibility index (Phi) is 4.05. The highest BCUT2D eigenvalue weighted by molar-refractivity contribution is 7.99. The van der Waals surface area contributed by atoms with Crippen LogP contribution in [0.3, 0.4) is 0 Å². The summed E-state index contributed by atoms with van der Waals surface area (Å²) in [5.74, 6) is 1.44. The van der Waals surface area contributed by atoms with E-state index in [1.54, 1.807) is 17.0 Å². The number of hydrogen-bond donors (Lipinski definition) is 0. The molecular formula is C13H16FNOS. The number of benzene rings is 1. The minimum absolute atomic E-state index is 0.172. The molecule has 1 aromatic carbocycles. The number of hydrogen-bond acceptors (Lipinski definition) is 2. The summed E-state index contributed by atoms with van der Waals surface area (Å²) in [6.45, 7) is 3.32. The van der Waals surface area contributed by atoms with E-state index in [2.05, 4.69) is 0 Å². The predicted molar refractivity (Wildman–Crippen MR) is 69.0 cm³/mol. The zero-order chi connectivity index (χ0) is 12.3. The van der Waals surface area contributed by atoms with E-state index < -0.39 is 5.82 Å². The second-order valence-corrected chi connectivity index (χ2v) is 5.47. The van der Waals surface area contributed by atoms with Crippen molar-refractivity contribution in [2.45, 2.75) is 13.3 Å². The molecule has 2 nitrogen and oxygen atoms in total. The molecule has 0 unspecified atom stereocenters. The first kappa shape index (κ1) is 12.4. The van der Waals surface area contributed by atoms with Crippen LogP contribution >= 0.6 is 11.8 Å². The molecule has 0 bridgehead atoms. The van der Waals surface area contributed by atoms with Gasteiger partial charge in [-0.1, -0.05) is 11.6 Å². The van der Waals surface area contributed by atoms with E-state index in [-0.39, 0.29) is 11.5 Å². The Hall–Kier alpha value is -1.03. The molecule has 0 atom stereocenters. The van der Waals surface area contributed by atoms with Crippen LogP contribution in [0.4, 0.5) is 4.39 Å². The third-order valence-corrected chi connectivity index (χ3v) is 3.91. The molecule has 0 spiro atoms. The lowest BCUT2D eigenvalue weighted by Gasteiger charge is -2.20. The summed E-state index contributed by atoms with van der Waals surface area (Å²) < 4.78 is 13.6. The predicted octanol–water partition coefficient (Wildman–Crippen LogP) is 2.71. The van der Waals surface area contributed by atoms with Crippen LogP contribution in [0.5, 0.6) is 0 Å². The molecule has 0 radical (unpaired) electrons.